The van der Waals surface area contributed by atoms with Crippen molar-refractivity contribution in [1.82, 2.24) is 15.3 Å². The average molecular weight is 277 g/mol. The maximum atomic E-state index is 12.4. The molecule has 1 atom stereocenters. The van der Waals surface area contributed by atoms with Crippen LogP contribution in [-0.2, 0) is 9.63 Å². The van der Waals surface area contributed by atoms with Crippen molar-refractivity contribution in [3.8, 4) is 0 Å². The lowest BCUT2D eigenvalue weighted by molar-refractivity contribution is -0.174. The molecule has 0 radical (unpaired) electrons. The first kappa shape index (κ1) is 12.7. The van der Waals surface area contributed by atoms with E-state index in [1.807, 2.05) is 6.92 Å². The molecule has 0 spiro atoms. The number of hydroxylamine groups is 2. The fourth-order valence-electron chi connectivity index (χ4n) is 2.47. The molecule has 1 aromatic heterocycles. The number of amides is 3. The van der Waals surface area contributed by atoms with Crippen molar-refractivity contribution < 1.29 is 18.8 Å². The zero-order valence-corrected chi connectivity index (χ0v) is 11.3. The van der Waals surface area contributed by atoms with Crippen LogP contribution in [0, 0.1) is 0 Å². The summed E-state index contributed by atoms with van der Waals surface area (Å²) in [6.45, 7) is 2.47. The lowest BCUT2D eigenvalue weighted by atomic mass is 10.0. The third kappa shape index (κ3) is 1.78. The van der Waals surface area contributed by atoms with Crippen molar-refractivity contribution in [2.24, 2.45) is 0 Å². The summed E-state index contributed by atoms with van der Waals surface area (Å²) in [5, 5.41) is 4.04. The molecular weight excluding hydrogens is 262 g/mol. The predicted molar refractivity (Wildman–Crippen MR) is 68.1 cm³/mol. The van der Waals surface area contributed by atoms with E-state index < -0.39 is 6.04 Å². The Bertz CT molecular complexity index is 578. The predicted octanol–water partition coefficient (Wildman–Crippen LogP) is 1.02. The monoisotopic (exact) mass is 277 g/mol. The number of urea groups is 1. The lowest BCUT2D eigenvalue weighted by Crippen LogP contribution is -2.45. The van der Waals surface area contributed by atoms with Crippen LogP contribution in [-0.4, -0.2) is 42.1 Å². The summed E-state index contributed by atoms with van der Waals surface area (Å²) < 4.78 is 5.33. The molecule has 0 fully saturated rings. The molecule has 0 saturated heterocycles. The van der Waals surface area contributed by atoms with Gasteiger partial charge in [-0.2, -0.15) is 0 Å². The van der Waals surface area contributed by atoms with Crippen LogP contribution in [0.25, 0.3) is 0 Å². The number of hydrogen-bond acceptors (Lipinski definition) is 4. The molecule has 1 unspecified atom stereocenters. The van der Waals surface area contributed by atoms with Crippen molar-refractivity contribution in [2.75, 3.05) is 20.2 Å². The van der Waals surface area contributed by atoms with Gasteiger partial charge in [-0.25, -0.2) is 9.86 Å². The minimum absolute atomic E-state index is 0.241. The molecule has 7 heteroatoms. The summed E-state index contributed by atoms with van der Waals surface area (Å²) in [6, 6.07) is 2.62. The molecule has 2 aliphatic rings. The highest BCUT2D eigenvalue weighted by Gasteiger charge is 2.44. The van der Waals surface area contributed by atoms with E-state index in [1.165, 1.54) is 16.2 Å². The number of likely N-dealkylation sites (N-methyl/N-ethyl adjacent to an activating group) is 1. The van der Waals surface area contributed by atoms with Crippen molar-refractivity contribution in [1.29, 1.82) is 0 Å². The first-order valence-electron chi connectivity index (χ1n) is 6.39. The summed E-state index contributed by atoms with van der Waals surface area (Å²) in [7, 11) is 1.63. The quantitative estimate of drug-likeness (QED) is 0.895. The first-order chi connectivity index (χ1) is 9.63. The van der Waals surface area contributed by atoms with Gasteiger partial charge in [0.25, 0.3) is 5.91 Å². The minimum Gasteiger partial charge on any atom is -0.467 e. The van der Waals surface area contributed by atoms with Gasteiger partial charge >= 0.3 is 6.03 Å². The van der Waals surface area contributed by atoms with Gasteiger partial charge in [-0.15, -0.1) is 0 Å². The van der Waals surface area contributed by atoms with E-state index >= 15 is 0 Å². The first-order valence-corrected chi connectivity index (χ1v) is 6.39. The molecular formula is C13H15N3O4. The van der Waals surface area contributed by atoms with Crippen LogP contribution in [0.3, 0.4) is 0 Å². The van der Waals surface area contributed by atoms with Crippen LogP contribution < -0.4 is 5.32 Å². The maximum Gasteiger partial charge on any atom is 0.322 e. The zero-order valence-electron chi connectivity index (χ0n) is 11.3. The van der Waals surface area contributed by atoms with Crippen LogP contribution in [0.5, 0.6) is 0 Å². The Morgan fingerprint density at radius 3 is 2.95 bits per heavy atom. The summed E-state index contributed by atoms with van der Waals surface area (Å²) in [6.07, 6.45) is 1.51. The molecule has 2 aliphatic heterocycles. The highest BCUT2D eigenvalue weighted by atomic mass is 16.7. The van der Waals surface area contributed by atoms with Crippen molar-refractivity contribution >= 4 is 11.9 Å². The van der Waals surface area contributed by atoms with Gasteiger partial charge in [0, 0.05) is 7.05 Å². The normalized spacial score (nSPS) is 22.4. The molecule has 106 valence electrons. The molecule has 20 heavy (non-hydrogen) atoms. The molecule has 1 aromatic rings. The van der Waals surface area contributed by atoms with E-state index in [0.29, 0.717) is 23.6 Å². The van der Waals surface area contributed by atoms with Crippen LogP contribution in [0.2, 0.25) is 0 Å². The summed E-state index contributed by atoms with van der Waals surface area (Å²) in [4.78, 5) is 31.1. The molecule has 3 rings (SSSR count). The van der Waals surface area contributed by atoms with E-state index in [9.17, 15) is 9.59 Å². The molecule has 1 N–H and O–H groups in total. The number of carbonyl (C=O) groups is 2. The summed E-state index contributed by atoms with van der Waals surface area (Å²) in [5.74, 6) is 0.292. The largest absolute Gasteiger partial charge is 0.467 e. The van der Waals surface area contributed by atoms with Gasteiger partial charge in [0.2, 0.25) is 0 Å². The van der Waals surface area contributed by atoms with E-state index in [0.717, 1.165) is 0 Å². The fraction of sp³-hybridized carbons (Fsp3) is 0.385. The summed E-state index contributed by atoms with van der Waals surface area (Å²) >= 11 is 0. The third-order valence-electron chi connectivity index (χ3n) is 3.44. The van der Waals surface area contributed by atoms with Gasteiger partial charge in [-0.05, 0) is 19.1 Å². The SMILES string of the molecule is CCON1CC2=C(C1=O)C(c1ccco1)NC(=O)N2C. The Balaban J connectivity index is 2.01. The number of nitrogens with one attached hydrogen (secondary N) is 1. The average Bonchev–Trinajstić information content (AvgIpc) is 3.05. The Labute approximate surface area is 115 Å². The number of carbonyl (C=O) groups excluding carboxylic acids is 2. The van der Waals surface area contributed by atoms with Gasteiger partial charge in [-0.1, -0.05) is 0 Å². The van der Waals surface area contributed by atoms with Gasteiger partial charge in [0.05, 0.1) is 30.7 Å². The van der Waals surface area contributed by atoms with E-state index in [-0.39, 0.29) is 18.5 Å². The highest BCUT2D eigenvalue weighted by Crippen LogP contribution is 2.35. The van der Waals surface area contributed by atoms with Crippen LogP contribution in [0.15, 0.2) is 34.1 Å². The second-order valence-electron chi connectivity index (χ2n) is 4.58. The number of furan rings is 1. The molecule has 3 heterocycles. The van der Waals surface area contributed by atoms with Gasteiger partial charge in [0.15, 0.2) is 0 Å². The Kier molecular flexibility index (Phi) is 2.98. The second-order valence-corrected chi connectivity index (χ2v) is 4.58. The van der Waals surface area contributed by atoms with Crippen molar-refractivity contribution in [3.05, 3.63) is 35.4 Å². The molecule has 0 bridgehead atoms. The van der Waals surface area contributed by atoms with Crippen LogP contribution in [0.4, 0.5) is 4.79 Å². The molecule has 3 amide bonds. The van der Waals surface area contributed by atoms with Crippen molar-refractivity contribution in [2.45, 2.75) is 13.0 Å². The van der Waals surface area contributed by atoms with Crippen molar-refractivity contribution in [3.63, 3.8) is 0 Å². The zero-order chi connectivity index (χ0) is 14.3. The topological polar surface area (TPSA) is 75.0 Å². The minimum atomic E-state index is -0.568. The molecule has 0 saturated carbocycles. The molecule has 7 nitrogen and oxygen atoms in total. The fourth-order valence-corrected chi connectivity index (χ4v) is 2.47. The van der Waals surface area contributed by atoms with Crippen LogP contribution >= 0.6 is 0 Å². The van der Waals surface area contributed by atoms with E-state index in [1.54, 1.807) is 19.2 Å². The van der Waals surface area contributed by atoms with E-state index in [4.69, 9.17) is 9.25 Å². The number of rotatable bonds is 3. The summed E-state index contributed by atoms with van der Waals surface area (Å²) in [5.41, 5.74) is 1.14. The van der Waals surface area contributed by atoms with Crippen LogP contribution in [0.1, 0.15) is 18.7 Å². The third-order valence-corrected chi connectivity index (χ3v) is 3.44. The lowest BCUT2D eigenvalue weighted by Gasteiger charge is -2.29. The number of hydrogen-bond donors (Lipinski definition) is 1. The highest BCUT2D eigenvalue weighted by molar-refractivity contribution is 6.00. The van der Waals surface area contributed by atoms with Gasteiger partial charge < -0.3 is 9.73 Å². The molecule has 0 aliphatic carbocycles. The Hall–Kier alpha value is -2.28. The van der Waals surface area contributed by atoms with Gasteiger partial charge in [0.1, 0.15) is 11.8 Å². The van der Waals surface area contributed by atoms with E-state index in [2.05, 4.69) is 5.32 Å². The smallest absolute Gasteiger partial charge is 0.322 e. The molecule has 0 aromatic carbocycles. The van der Waals surface area contributed by atoms with Gasteiger partial charge in [-0.3, -0.25) is 14.5 Å². The second kappa shape index (κ2) is 4.68. The standard InChI is InChI=1S/C13H15N3O4/c1-3-20-16-7-8-10(12(16)17)11(9-5-4-6-19-9)14-13(18)15(8)2/h4-6,11H,3,7H2,1-2H3,(H,14,18). The Morgan fingerprint density at radius 2 is 2.30 bits per heavy atom. The number of nitrogens with zero attached hydrogens (tertiary/aromatic N) is 2. The maximum absolute atomic E-state index is 12.4. The Morgan fingerprint density at radius 1 is 1.50 bits per heavy atom.